The molecule has 0 unspecified atom stereocenters. The summed E-state index contributed by atoms with van der Waals surface area (Å²) >= 11 is 0. The van der Waals surface area contributed by atoms with Gasteiger partial charge in [0.15, 0.2) is 17.8 Å². The second-order valence-electron chi connectivity index (χ2n) is 6.27. The molecule has 0 radical (unpaired) electrons. The maximum absolute atomic E-state index is 12.4. The predicted octanol–water partition coefficient (Wildman–Crippen LogP) is 2.33. The fourth-order valence-corrected chi connectivity index (χ4v) is 3.56. The molecule has 0 aromatic heterocycles. The molecule has 0 spiro atoms. The Morgan fingerprint density at radius 3 is 2.91 bits per heavy atom. The quantitative estimate of drug-likeness (QED) is 0.632. The van der Waals surface area contributed by atoms with Crippen LogP contribution in [0.5, 0.6) is 11.5 Å². The SMILES string of the molecule is COc1ccc(C=O)c2c1O[C@H]1CCC=C[C@@]21CC(=O)N(C)C. The van der Waals surface area contributed by atoms with Crippen LogP contribution in [0.3, 0.4) is 0 Å². The van der Waals surface area contributed by atoms with Gasteiger partial charge in [-0.05, 0) is 25.0 Å². The Morgan fingerprint density at radius 2 is 2.26 bits per heavy atom. The zero-order chi connectivity index (χ0) is 16.6. The van der Waals surface area contributed by atoms with Gasteiger partial charge >= 0.3 is 0 Å². The van der Waals surface area contributed by atoms with Crippen molar-refractivity contribution >= 4 is 12.2 Å². The number of benzene rings is 1. The number of methoxy groups -OCH3 is 1. The largest absolute Gasteiger partial charge is 0.493 e. The molecule has 0 saturated heterocycles. The third-order valence-electron chi connectivity index (χ3n) is 4.75. The van der Waals surface area contributed by atoms with Gasteiger partial charge in [0.2, 0.25) is 5.91 Å². The maximum atomic E-state index is 12.4. The number of fused-ring (bicyclic) bond motifs is 3. The Labute approximate surface area is 135 Å². The van der Waals surface area contributed by atoms with Crippen molar-refractivity contribution in [1.82, 2.24) is 4.90 Å². The highest BCUT2D eigenvalue weighted by Crippen LogP contribution is 2.54. The standard InChI is InChI=1S/C18H21NO4/c1-19(2)15(21)10-18-9-5-4-6-14(18)23-17-13(22-3)8-7-12(11-20)16(17)18/h5,7-9,11,14H,4,6,10H2,1-3H3/t14-,18-/m0/s1. The van der Waals surface area contributed by atoms with Gasteiger partial charge in [-0.25, -0.2) is 0 Å². The zero-order valence-electron chi connectivity index (χ0n) is 13.7. The van der Waals surface area contributed by atoms with E-state index in [0.29, 0.717) is 17.1 Å². The number of ether oxygens (including phenoxy) is 2. The lowest BCUT2D eigenvalue weighted by Crippen LogP contribution is -2.42. The molecule has 1 amide bonds. The molecular weight excluding hydrogens is 294 g/mol. The molecule has 23 heavy (non-hydrogen) atoms. The first-order chi connectivity index (χ1) is 11.0. The average Bonchev–Trinajstić information content (AvgIpc) is 2.89. The molecule has 2 aliphatic rings. The van der Waals surface area contributed by atoms with Crippen LogP contribution < -0.4 is 9.47 Å². The van der Waals surface area contributed by atoms with Crippen molar-refractivity contribution < 1.29 is 19.1 Å². The molecule has 0 bridgehead atoms. The second kappa shape index (κ2) is 5.72. The monoisotopic (exact) mass is 315 g/mol. The molecule has 0 N–H and O–H groups in total. The number of carbonyl (C=O) groups excluding carboxylic acids is 2. The van der Waals surface area contributed by atoms with Gasteiger partial charge in [-0.2, -0.15) is 0 Å². The van der Waals surface area contributed by atoms with E-state index in [2.05, 4.69) is 6.08 Å². The average molecular weight is 315 g/mol. The Morgan fingerprint density at radius 1 is 1.48 bits per heavy atom. The fraction of sp³-hybridized carbons (Fsp3) is 0.444. The van der Waals surface area contributed by atoms with E-state index in [-0.39, 0.29) is 18.4 Å². The molecule has 1 aromatic carbocycles. The molecule has 0 saturated carbocycles. The van der Waals surface area contributed by atoms with Crippen molar-refractivity contribution in [2.45, 2.75) is 30.8 Å². The number of amides is 1. The highest BCUT2D eigenvalue weighted by atomic mass is 16.5. The van der Waals surface area contributed by atoms with Gasteiger partial charge < -0.3 is 14.4 Å². The third-order valence-corrected chi connectivity index (χ3v) is 4.75. The molecule has 1 aromatic rings. The van der Waals surface area contributed by atoms with Crippen LogP contribution in [0.1, 0.15) is 35.2 Å². The van der Waals surface area contributed by atoms with Gasteiger partial charge in [0, 0.05) is 31.6 Å². The van der Waals surface area contributed by atoms with E-state index in [1.54, 1.807) is 38.2 Å². The minimum absolute atomic E-state index is 0.0117. The van der Waals surface area contributed by atoms with Crippen LogP contribution in [0.4, 0.5) is 0 Å². The van der Waals surface area contributed by atoms with Gasteiger partial charge in [-0.3, -0.25) is 9.59 Å². The van der Waals surface area contributed by atoms with E-state index in [9.17, 15) is 9.59 Å². The first-order valence-electron chi connectivity index (χ1n) is 7.74. The predicted molar refractivity (Wildman–Crippen MR) is 86.2 cm³/mol. The summed E-state index contributed by atoms with van der Waals surface area (Å²) in [7, 11) is 5.06. The summed E-state index contributed by atoms with van der Waals surface area (Å²) < 4.78 is 11.6. The summed E-state index contributed by atoms with van der Waals surface area (Å²) in [6, 6.07) is 3.48. The summed E-state index contributed by atoms with van der Waals surface area (Å²) in [6.07, 6.45) is 6.78. The topological polar surface area (TPSA) is 55.8 Å². The Bertz CT molecular complexity index is 680. The lowest BCUT2D eigenvalue weighted by Gasteiger charge is -2.34. The summed E-state index contributed by atoms with van der Waals surface area (Å²) in [5.41, 5.74) is 0.740. The van der Waals surface area contributed by atoms with Crippen LogP contribution in [0.25, 0.3) is 0 Å². The summed E-state index contributed by atoms with van der Waals surface area (Å²) in [5, 5.41) is 0. The van der Waals surface area contributed by atoms with Crippen molar-refractivity contribution in [3.05, 3.63) is 35.4 Å². The van der Waals surface area contributed by atoms with E-state index in [1.807, 2.05) is 6.08 Å². The molecule has 5 nitrogen and oxygen atoms in total. The molecule has 3 rings (SSSR count). The molecule has 0 fully saturated rings. The van der Waals surface area contributed by atoms with Crippen molar-refractivity contribution in [2.75, 3.05) is 21.2 Å². The Kier molecular flexibility index (Phi) is 3.88. The summed E-state index contributed by atoms with van der Waals surface area (Å²) in [5.74, 6) is 1.21. The minimum atomic E-state index is -0.597. The van der Waals surface area contributed by atoms with Crippen molar-refractivity contribution in [1.29, 1.82) is 0 Å². The second-order valence-corrected chi connectivity index (χ2v) is 6.27. The number of allylic oxidation sites excluding steroid dienone is 1. The molecule has 1 aliphatic heterocycles. The number of nitrogens with zero attached hydrogens (tertiary/aromatic N) is 1. The highest BCUT2D eigenvalue weighted by Gasteiger charge is 2.51. The lowest BCUT2D eigenvalue weighted by molar-refractivity contribution is -0.130. The van der Waals surface area contributed by atoms with Crippen molar-refractivity contribution in [2.24, 2.45) is 0 Å². The molecular formula is C18H21NO4. The third kappa shape index (κ3) is 2.31. The normalized spacial score (nSPS) is 24.4. The van der Waals surface area contributed by atoms with Crippen molar-refractivity contribution in [3.8, 4) is 11.5 Å². The van der Waals surface area contributed by atoms with Gasteiger partial charge in [-0.1, -0.05) is 12.2 Å². The van der Waals surface area contributed by atoms with Crippen LogP contribution in [0.15, 0.2) is 24.3 Å². The first-order valence-corrected chi connectivity index (χ1v) is 7.74. The Balaban J connectivity index is 2.20. The number of hydrogen-bond donors (Lipinski definition) is 0. The van der Waals surface area contributed by atoms with E-state index < -0.39 is 5.41 Å². The summed E-state index contributed by atoms with van der Waals surface area (Å²) in [4.78, 5) is 25.6. The fourth-order valence-electron chi connectivity index (χ4n) is 3.56. The number of hydrogen-bond acceptors (Lipinski definition) is 4. The van der Waals surface area contributed by atoms with Crippen molar-refractivity contribution in [3.63, 3.8) is 0 Å². The number of aldehydes is 1. The Hall–Kier alpha value is -2.30. The molecule has 5 heteroatoms. The van der Waals surface area contributed by atoms with Gasteiger partial charge in [0.1, 0.15) is 6.10 Å². The molecule has 1 heterocycles. The minimum Gasteiger partial charge on any atom is -0.493 e. The van der Waals surface area contributed by atoms with E-state index in [0.717, 1.165) is 24.7 Å². The lowest BCUT2D eigenvalue weighted by atomic mass is 9.69. The summed E-state index contributed by atoms with van der Waals surface area (Å²) in [6.45, 7) is 0. The van der Waals surface area contributed by atoms with Crippen LogP contribution >= 0.6 is 0 Å². The smallest absolute Gasteiger partial charge is 0.223 e. The molecule has 1 aliphatic carbocycles. The van der Waals surface area contributed by atoms with Crippen LogP contribution in [-0.2, 0) is 10.2 Å². The highest BCUT2D eigenvalue weighted by molar-refractivity contribution is 5.85. The van der Waals surface area contributed by atoms with E-state index in [4.69, 9.17) is 9.47 Å². The molecule has 2 atom stereocenters. The van der Waals surface area contributed by atoms with Gasteiger partial charge in [-0.15, -0.1) is 0 Å². The van der Waals surface area contributed by atoms with Crippen LogP contribution in [-0.4, -0.2) is 44.4 Å². The van der Waals surface area contributed by atoms with Crippen LogP contribution in [0.2, 0.25) is 0 Å². The molecule has 122 valence electrons. The van der Waals surface area contributed by atoms with Crippen LogP contribution in [0, 0.1) is 0 Å². The van der Waals surface area contributed by atoms with Gasteiger partial charge in [0.25, 0.3) is 0 Å². The van der Waals surface area contributed by atoms with E-state index in [1.165, 1.54) is 0 Å². The first kappa shape index (κ1) is 15.6. The number of rotatable bonds is 4. The van der Waals surface area contributed by atoms with E-state index >= 15 is 0 Å². The zero-order valence-corrected chi connectivity index (χ0v) is 13.7. The maximum Gasteiger partial charge on any atom is 0.223 e. The number of carbonyl (C=O) groups is 2. The van der Waals surface area contributed by atoms with Gasteiger partial charge in [0.05, 0.1) is 12.5 Å².